The highest BCUT2D eigenvalue weighted by atomic mass is 32.2. The third kappa shape index (κ3) is 2.71. The monoisotopic (exact) mass is 322 g/mol. The first-order chi connectivity index (χ1) is 10.3. The van der Waals surface area contributed by atoms with Crippen molar-refractivity contribution in [1.82, 2.24) is 0 Å². The fourth-order valence-corrected chi connectivity index (χ4v) is 6.48. The molecular weight excluding hydrogens is 300 g/mol. The standard InChI is InChI=1S/C17H22O2S2/c18-16(15-9-13-11-20-8-4-14(13)21-15)12-3-7-19-17(10-12)5-1-2-6-17/h9,12H,1-8,10-11H2. The second-order valence-electron chi connectivity index (χ2n) is 6.65. The Kier molecular flexibility index (Phi) is 3.88. The first-order valence-electron chi connectivity index (χ1n) is 8.13. The van der Waals surface area contributed by atoms with Crippen LogP contribution in [0.25, 0.3) is 0 Å². The minimum atomic E-state index is 0.0469. The summed E-state index contributed by atoms with van der Waals surface area (Å²) in [6.07, 6.45) is 7.89. The number of hydrogen-bond donors (Lipinski definition) is 0. The van der Waals surface area contributed by atoms with Crippen molar-refractivity contribution >= 4 is 28.9 Å². The smallest absolute Gasteiger partial charge is 0.176 e. The molecule has 2 nitrogen and oxygen atoms in total. The lowest BCUT2D eigenvalue weighted by Crippen LogP contribution is -2.39. The van der Waals surface area contributed by atoms with Gasteiger partial charge in [-0.05, 0) is 49.5 Å². The van der Waals surface area contributed by atoms with E-state index in [0.29, 0.717) is 5.78 Å². The minimum Gasteiger partial charge on any atom is -0.375 e. The predicted molar refractivity (Wildman–Crippen MR) is 88.4 cm³/mol. The van der Waals surface area contributed by atoms with E-state index in [-0.39, 0.29) is 11.5 Å². The van der Waals surface area contributed by atoms with Crippen LogP contribution in [0.3, 0.4) is 0 Å². The molecule has 1 aromatic rings. The molecule has 3 aliphatic rings. The number of Topliss-reactive ketones (excluding diaryl/α,β-unsaturated/α-hetero) is 1. The van der Waals surface area contributed by atoms with Crippen molar-refractivity contribution in [2.45, 2.75) is 56.3 Å². The Labute approximate surface area is 134 Å². The second kappa shape index (κ2) is 5.71. The van der Waals surface area contributed by atoms with Crippen LogP contribution in [-0.2, 0) is 16.9 Å². The van der Waals surface area contributed by atoms with Gasteiger partial charge in [0.1, 0.15) is 0 Å². The number of carbonyl (C=O) groups is 1. The van der Waals surface area contributed by atoms with Crippen molar-refractivity contribution in [1.29, 1.82) is 0 Å². The van der Waals surface area contributed by atoms with Crippen LogP contribution in [-0.4, -0.2) is 23.7 Å². The maximum atomic E-state index is 12.9. The fraction of sp³-hybridized carbons (Fsp3) is 0.706. The van der Waals surface area contributed by atoms with Gasteiger partial charge in [-0.15, -0.1) is 11.3 Å². The Morgan fingerprint density at radius 2 is 2.19 bits per heavy atom. The summed E-state index contributed by atoms with van der Waals surface area (Å²) < 4.78 is 6.07. The zero-order valence-corrected chi connectivity index (χ0v) is 14.0. The van der Waals surface area contributed by atoms with E-state index in [1.54, 1.807) is 11.3 Å². The van der Waals surface area contributed by atoms with E-state index in [4.69, 9.17) is 4.74 Å². The number of aryl methyl sites for hydroxylation is 1. The highest BCUT2D eigenvalue weighted by Crippen LogP contribution is 2.43. The Bertz CT molecular complexity index is 519. The van der Waals surface area contributed by atoms with E-state index >= 15 is 0 Å². The van der Waals surface area contributed by atoms with Crippen LogP contribution in [0.1, 0.15) is 58.6 Å². The largest absolute Gasteiger partial charge is 0.375 e. The number of ether oxygens (including phenoxy) is 1. The van der Waals surface area contributed by atoms with Crippen LogP contribution >= 0.6 is 23.1 Å². The zero-order valence-electron chi connectivity index (χ0n) is 12.4. The van der Waals surface area contributed by atoms with Crippen LogP contribution in [0.15, 0.2) is 6.07 Å². The van der Waals surface area contributed by atoms with E-state index < -0.39 is 0 Å². The van der Waals surface area contributed by atoms with Gasteiger partial charge in [-0.3, -0.25) is 4.79 Å². The zero-order chi connectivity index (χ0) is 14.3. The number of fused-ring (bicyclic) bond motifs is 1. The Hall–Kier alpha value is -0.320. The average Bonchev–Trinajstić information content (AvgIpc) is 3.13. The molecule has 21 heavy (non-hydrogen) atoms. The number of thiophene rings is 1. The van der Waals surface area contributed by atoms with Gasteiger partial charge in [-0.2, -0.15) is 11.8 Å². The SMILES string of the molecule is O=C(c1cc2c(s1)CCSC2)C1CCOC2(CCCC2)C1. The van der Waals surface area contributed by atoms with Crippen molar-refractivity contribution in [2.75, 3.05) is 12.4 Å². The molecule has 114 valence electrons. The molecule has 1 unspecified atom stereocenters. The van der Waals surface area contributed by atoms with Gasteiger partial charge in [0, 0.05) is 23.2 Å². The summed E-state index contributed by atoms with van der Waals surface area (Å²) in [5.74, 6) is 2.90. The highest BCUT2D eigenvalue weighted by molar-refractivity contribution is 7.98. The molecule has 4 heteroatoms. The number of ketones is 1. The van der Waals surface area contributed by atoms with Crippen molar-refractivity contribution < 1.29 is 9.53 Å². The van der Waals surface area contributed by atoms with E-state index in [0.717, 1.165) is 49.3 Å². The molecule has 1 saturated heterocycles. The number of hydrogen-bond acceptors (Lipinski definition) is 4. The molecule has 3 heterocycles. The third-order valence-electron chi connectivity index (χ3n) is 5.25. The molecule has 2 fully saturated rings. The molecule has 4 rings (SSSR count). The summed E-state index contributed by atoms with van der Waals surface area (Å²) in [6.45, 7) is 0.775. The molecule has 0 radical (unpaired) electrons. The minimum absolute atomic E-state index is 0.0469. The van der Waals surface area contributed by atoms with Crippen LogP contribution in [0.5, 0.6) is 0 Å². The van der Waals surface area contributed by atoms with Gasteiger partial charge < -0.3 is 4.74 Å². The maximum absolute atomic E-state index is 12.9. The Morgan fingerprint density at radius 3 is 3.00 bits per heavy atom. The normalized spacial score (nSPS) is 27.7. The summed E-state index contributed by atoms with van der Waals surface area (Å²) in [6, 6.07) is 2.19. The molecule has 0 N–H and O–H groups in total. The Balaban J connectivity index is 1.52. The maximum Gasteiger partial charge on any atom is 0.176 e. The molecule has 1 saturated carbocycles. The summed E-state index contributed by atoms with van der Waals surface area (Å²) >= 11 is 3.75. The molecule has 0 bridgehead atoms. The predicted octanol–water partition coefficient (Wildman–Crippen LogP) is 4.46. The van der Waals surface area contributed by atoms with Crippen LogP contribution in [0.4, 0.5) is 0 Å². The first kappa shape index (κ1) is 14.3. The van der Waals surface area contributed by atoms with E-state index in [1.807, 2.05) is 11.8 Å². The summed E-state index contributed by atoms with van der Waals surface area (Å²) in [5.41, 5.74) is 1.47. The summed E-state index contributed by atoms with van der Waals surface area (Å²) in [4.78, 5) is 15.4. The molecule has 1 aromatic heterocycles. The third-order valence-corrected chi connectivity index (χ3v) is 7.51. The van der Waals surface area contributed by atoms with Crippen molar-refractivity contribution in [3.8, 4) is 0 Å². The van der Waals surface area contributed by atoms with Gasteiger partial charge in [-0.25, -0.2) is 0 Å². The molecule has 2 aliphatic heterocycles. The number of thioether (sulfide) groups is 1. The van der Waals surface area contributed by atoms with Crippen LogP contribution < -0.4 is 0 Å². The molecule has 0 amide bonds. The average molecular weight is 322 g/mol. The first-order valence-corrected chi connectivity index (χ1v) is 10.1. The molecule has 1 aliphatic carbocycles. The van der Waals surface area contributed by atoms with E-state index in [9.17, 15) is 4.79 Å². The summed E-state index contributed by atoms with van der Waals surface area (Å²) in [7, 11) is 0. The molecule has 1 atom stereocenters. The number of rotatable bonds is 2. The second-order valence-corrected chi connectivity index (χ2v) is 8.90. The quantitative estimate of drug-likeness (QED) is 0.752. The van der Waals surface area contributed by atoms with Gasteiger partial charge in [-0.1, -0.05) is 12.8 Å². The van der Waals surface area contributed by atoms with Gasteiger partial charge in [0.15, 0.2) is 5.78 Å². The van der Waals surface area contributed by atoms with E-state index in [2.05, 4.69) is 6.07 Å². The lowest BCUT2D eigenvalue weighted by atomic mass is 9.82. The lowest BCUT2D eigenvalue weighted by Gasteiger charge is -2.37. The number of carbonyl (C=O) groups excluding carboxylic acids is 1. The van der Waals surface area contributed by atoms with Gasteiger partial charge in [0.05, 0.1) is 10.5 Å². The topological polar surface area (TPSA) is 26.3 Å². The lowest BCUT2D eigenvalue weighted by molar-refractivity contribution is -0.0865. The van der Waals surface area contributed by atoms with Crippen molar-refractivity contribution in [2.24, 2.45) is 5.92 Å². The highest BCUT2D eigenvalue weighted by Gasteiger charge is 2.42. The summed E-state index contributed by atoms with van der Waals surface area (Å²) in [5, 5.41) is 0. The van der Waals surface area contributed by atoms with Crippen molar-refractivity contribution in [3.63, 3.8) is 0 Å². The van der Waals surface area contributed by atoms with Crippen LogP contribution in [0, 0.1) is 5.92 Å². The molecular formula is C17H22O2S2. The van der Waals surface area contributed by atoms with Gasteiger partial charge >= 0.3 is 0 Å². The van der Waals surface area contributed by atoms with Gasteiger partial charge in [0.25, 0.3) is 0 Å². The fourth-order valence-electron chi connectivity index (χ4n) is 4.09. The van der Waals surface area contributed by atoms with E-state index in [1.165, 1.54) is 29.0 Å². The molecule has 1 spiro atoms. The van der Waals surface area contributed by atoms with Gasteiger partial charge in [0.2, 0.25) is 0 Å². The Morgan fingerprint density at radius 1 is 1.33 bits per heavy atom. The van der Waals surface area contributed by atoms with Crippen molar-refractivity contribution in [3.05, 3.63) is 21.4 Å². The van der Waals surface area contributed by atoms with Crippen LogP contribution in [0.2, 0.25) is 0 Å². The molecule has 0 aromatic carbocycles.